The maximum absolute atomic E-state index is 12.2. The Morgan fingerprint density at radius 3 is 2.90 bits per heavy atom. The van der Waals surface area contributed by atoms with Crippen LogP contribution in [0.1, 0.15) is 21.5 Å². The van der Waals surface area contributed by atoms with Crippen molar-refractivity contribution in [2.24, 2.45) is 5.73 Å². The highest BCUT2D eigenvalue weighted by atomic mass is 16.1. The number of carbonyl (C=O) groups excluding carboxylic acids is 1. The van der Waals surface area contributed by atoms with E-state index in [0.29, 0.717) is 22.4 Å². The lowest BCUT2D eigenvalue weighted by molar-refractivity contribution is 0.102. The van der Waals surface area contributed by atoms with Gasteiger partial charge in [-0.2, -0.15) is 5.26 Å². The summed E-state index contributed by atoms with van der Waals surface area (Å²) in [4.78, 5) is 16.1. The van der Waals surface area contributed by atoms with E-state index in [9.17, 15) is 4.79 Å². The first-order valence-electron chi connectivity index (χ1n) is 6.19. The summed E-state index contributed by atoms with van der Waals surface area (Å²) in [6, 6.07) is 10.4. The van der Waals surface area contributed by atoms with Crippen molar-refractivity contribution in [3.63, 3.8) is 0 Å². The fourth-order valence-electron chi connectivity index (χ4n) is 1.67. The molecule has 1 aromatic heterocycles. The number of nitrogens with zero attached hydrogens (tertiary/aromatic N) is 2. The Bertz CT molecular complexity index is 766. The number of amides is 1. The summed E-state index contributed by atoms with van der Waals surface area (Å²) >= 11 is 0. The summed E-state index contributed by atoms with van der Waals surface area (Å²) in [7, 11) is 0. The lowest BCUT2D eigenvalue weighted by atomic mass is 10.1. The number of anilines is 1. The number of rotatable bonds is 2. The Labute approximate surface area is 122 Å². The van der Waals surface area contributed by atoms with Crippen molar-refractivity contribution >= 4 is 11.6 Å². The minimum absolute atomic E-state index is 0.242. The minimum atomic E-state index is -0.346. The van der Waals surface area contributed by atoms with Crippen molar-refractivity contribution in [2.45, 2.75) is 0 Å². The number of benzene rings is 1. The van der Waals surface area contributed by atoms with E-state index in [1.165, 1.54) is 6.20 Å². The molecule has 2 rings (SSSR count). The van der Waals surface area contributed by atoms with Crippen LogP contribution in [0.15, 0.2) is 42.7 Å². The Hall–Kier alpha value is -3.15. The summed E-state index contributed by atoms with van der Waals surface area (Å²) in [5.74, 6) is 5.17. The van der Waals surface area contributed by atoms with Gasteiger partial charge in [0.1, 0.15) is 6.07 Å². The van der Waals surface area contributed by atoms with E-state index in [0.717, 1.165) is 0 Å². The maximum atomic E-state index is 12.2. The van der Waals surface area contributed by atoms with Crippen molar-refractivity contribution < 1.29 is 4.79 Å². The van der Waals surface area contributed by atoms with Gasteiger partial charge in [-0.3, -0.25) is 9.78 Å². The van der Waals surface area contributed by atoms with Crippen LogP contribution in [0.5, 0.6) is 0 Å². The van der Waals surface area contributed by atoms with Gasteiger partial charge in [0, 0.05) is 18.0 Å². The first kappa shape index (κ1) is 14.3. The van der Waals surface area contributed by atoms with Gasteiger partial charge in [-0.15, -0.1) is 0 Å². The predicted octanol–water partition coefficient (Wildman–Crippen LogP) is 1.52. The van der Waals surface area contributed by atoms with Crippen LogP contribution in [0.3, 0.4) is 0 Å². The van der Waals surface area contributed by atoms with Crippen molar-refractivity contribution in [1.82, 2.24) is 4.98 Å². The molecule has 1 aromatic carbocycles. The molecule has 0 saturated heterocycles. The van der Waals surface area contributed by atoms with Gasteiger partial charge in [-0.05, 0) is 18.2 Å². The average molecular weight is 276 g/mol. The summed E-state index contributed by atoms with van der Waals surface area (Å²) < 4.78 is 0. The number of carbonyl (C=O) groups is 1. The van der Waals surface area contributed by atoms with Gasteiger partial charge in [-0.25, -0.2) is 0 Å². The molecule has 0 fully saturated rings. The third-order valence-electron chi connectivity index (χ3n) is 2.63. The molecule has 0 atom stereocenters. The summed E-state index contributed by atoms with van der Waals surface area (Å²) in [6.45, 7) is 0.242. The zero-order valence-corrected chi connectivity index (χ0v) is 11.1. The van der Waals surface area contributed by atoms with Crippen LogP contribution in [-0.2, 0) is 0 Å². The third kappa shape index (κ3) is 3.66. The number of nitrogens with one attached hydrogen (secondary N) is 1. The van der Waals surface area contributed by atoms with E-state index in [-0.39, 0.29) is 12.5 Å². The molecule has 0 saturated carbocycles. The zero-order chi connectivity index (χ0) is 15.1. The highest BCUT2D eigenvalue weighted by Gasteiger charge is 2.09. The van der Waals surface area contributed by atoms with E-state index < -0.39 is 0 Å². The van der Waals surface area contributed by atoms with Gasteiger partial charge < -0.3 is 11.1 Å². The summed E-state index contributed by atoms with van der Waals surface area (Å²) in [5, 5.41) is 11.7. The Kier molecular flexibility index (Phi) is 4.66. The maximum Gasteiger partial charge on any atom is 0.257 e. The number of nitrogens with two attached hydrogens (primary N) is 1. The van der Waals surface area contributed by atoms with Crippen molar-refractivity contribution in [2.75, 3.05) is 11.9 Å². The molecule has 0 bridgehead atoms. The highest BCUT2D eigenvalue weighted by molar-refractivity contribution is 6.04. The fraction of sp³-hybridized carbons (Fsp3) is 0.0625. The standard InChI is InChI=1S/C16H12N4O/c17-7-3-4-12-8-14(11-19-10-12)16(21)20-15-6-2-1-5-13(15)9-18/h1-2,5-6,8,10-11H,7,17H2,(H,20,21). The topological polar surface area (TPSA) is 91.8 Å². The van der Waals surface area contributed by atoms with Crippen molar-refractivity contribution in [3.05, 3.63) is 59.4 Å². The number of para-hydroxylation sites is 1. The molecule has 1 heterocycles. The minimum Gasteiger partial charge on any atom is -0.321 e. The number of hydrogen-bond donors (Lipinski definition) is 2. The first-order chi connectivity index (χ1) is 10.2. The van der Waals surface area contributed by atoms with Crippen LogP contribution >= 0.6 is 0 Å². The van der Waals surface area contributed by atoms with Gasteiger partial charge in [-0.1, -0.05) is 24.0 Å². The quantitative estimate of drug-likeness (QED) is 0.813. The van der Waals surface area contributed by atoms with Crippen molar-refractivity contribution in [1.29, 1.82) is 5.26 Å². The number of nitriles is 1. The van der Waals surface area contributed by atoms with Gasteiger partial charge in [0.25, 0.3) is 5.91 Å². The van der Waals surface area contributed by atoms with Crippen LogP contribution < -0.4 is 11.1 Å². The molecule has 0 radical (unpaired) electrons. The van der Waals surface area contributed by atoms with Crippen molar-refractivity contribution in [3.8, 4) is 17.9 Å². The predicted molar refractivity (Wildman–Crippen MR) is 79.3 cm³/mol. The monoisotopic (exact) mass is 276 g/mol. The molecule has 3 N–H and O–H groups in total. The Morgan fingerprint density at radius 1 is 1.33 bits per heavy atom. The van der Waals surface area contributed by atoms with Crippen LogP contribution in [0.2, 0.25) is 0 Å². The van der Waals surface area contributed by atoms with E-state index in [1.807, 2.05) is 6.07 Å². The van der Waals surface area contributed by atoms with Gasteiger partial charge in [0.05, 0.1) is 23.4 Å². The number of aromatic nitrogens is 1. The number of hydrogen-bond acceptors (Lipinski definition) is 4. The van der Waals surface area contributed by atoms with Crippen LogP contribution in [0, 0.1) is 23.2 Å². The van der Waals surface area contributed by atoms with Crippen LogP contribution in [-0.4, -0.2) is 17.4 Å². The molecule has 0 aliphatic carbocycles. The zero-order valence-electron chi connectivity index (χ0n) is 11.1. The molecule has 0 aliphatic heterocycles. The molecule has 21 heavy (non-hydrogen) atoms. The van der Waals surface area contributed by atoms with Gasteiger partial charge in [0.2, 0.25) is 0 Å². The summed E-state index contributed by atoms with van der Waals surface area (Å²) in [6.07, 6.45) is 3.00. The SMILES string of the molecule is N#Cc1ccccc1NC(=O)c1cncc(C#CCN)c1. The van der Waals surface area contributed by atoms with Crippen LogP contribution in [0.4, 0.5) is 5.69 Å². The van der Waals surface area contributed by atoms with E-state index in [2.05, 4.69) is 22.1 Å². The molecule has 5 nitrogen and oxygen atoms in total. The second kappa shape index (κ2) is 6.85. The molecule has 2 aromatic rings. The second-order valence-corrected chi connectivity index (χ2v) is 4.08. The lowest BCUT2D eigenvalue weighted by Gasteiger charge is -2.06. The molecule has 5 heteroatoms. The third-order valence-corrected chi connectivity index (χ3v) is 2.63. The van der Waals surface area contributed by atoms with Gasteiger partial charge >= 0.3 is 0 Å². The van der Waals surface area contributed by atoms with Crippen LogP contribution in [0.25, 0.3) is 0 Å². The lowest BCUT2D eigenvalue weighted by Crippen LogP contribution is -2.13. The Morgan fingerprint density at radius 2 is 2.14 bits per heavy atom. The molecule has 0 unspecified atom stereocenters. The normalized spacial score (nSPS) is 9.14. The molecule has 0 spiro atoms. The molecular weight excluding hydrogens is 264 g/mol. The molecule has 1 amide bonds. The van der Waals surface area contributed by atoms with E-state index >= 15 is 0 Å². The van der Waals surface area contributed by atoms with Gasteiger partial charge in [0.15, 0.2) is 0 Å². The number of pyridine rings is 1. The largest absolute Gasteiger partial charge is 0.321 e. The first-order valence-corrected chi connectivity index (χ1v) is 6.19. The van der Waals surface area contributed by atoms with E-state index in [4.69, 9.17) is 11.0 Å². The molecule has 102 valence electrons. The molecular formula is C16H12N4O. The van der Waals surface area contributed by atoms with E-state index in [1.54, 1.807) is 36.5 Å². The smallest absolute Gasteiger partial charge is 0.257 e. The highest BCUT2D eigenvalue weighted by Crippen LogP contribution is 2.15. The summed E-state index contributed by atoms with van der Waals surface area (Å²) in [5.41, 5.74) is 7.15. The second-order valence-electron chi connectivity index (χ2n) is 4.08. The average Bonchev–Trinajstić information content (AvgIpc) is 2.53. The Balaban J connectivity index is 2.23. The fourth-order valence-corrected chi connectivity index (χ4v) is 1.67. The molecule has 0 aliphatic rings.